The maximum Gasteiger partial charge on any atom is 0.158 e. The van der Waals surface area contributed by atoms with Gasteiger partial charge in [0.1, 0.15) is 0 Å². The third-order valence-electron chi connectivity index (χ3n) is 2.10. The van der Waals surface area contributed by atoms with Crippen LogP contribution < -0.4 is 0 Å². The Morgan fingerprint density at radius 3 is 2.92 bits per heavy atom. The van der Waals surface area contributed by atoms with Crippen molar-refractivity contribution in [3.05, 3.63) is 23.8 Å². The molecule has 0 aromatic rings. The van der Waals surface area contributed by atoms with Crippen LogP contribution in [0.3, 0.4) is 0 Å². The van der Waals surface area contributed by atoms with Gasteiger partial charge in [-0.15, -0.1) is 0 Å². The van der Waals surface area contributed by atoms with E-state index in [0.717, 1.165) is 37.7 Å². The summed E-state index contributed by atoms with van der Waals surface area (Å²) in [6.07, 6.45) is 11.2. The van der Waals surface area contributed by atoms with Crippen molar-refractivity contribution in [2.75, 3.05) is 0 Å². The second kappa shape index (κ2) is 4.91. The average molecular weight is 164 g/mol. The highest BCUT2D eigenvalue weighted by molar-refractivity contribution is 5.97. The lowest BCUT2D eigenvalue weighted by atomic mass is 10.1. The van der Waals surface area contributed by atoms with E-state index in [4.69, 9.17) is 0 Å². The van der Waals surface area contributed by atoms with Crippen LogP contribution >= 0.6 is 0 Å². The Morgan fingerprint density at radius 2 is 2.33 bits per heavy atom. The molecule has 0 atom stereocenters. The van der Waals surface area contributed by atoms with Crippen LogP contribution in [0, 0.1) is 0 Å². The molecule has 12 heavy (non-hydrogen) atoms. The van der Waals surface area contributed by atoms with Crippen molar-refractivity contribution in [1.29, 1.82) is 0 Å². The van der Waals surface area contributed by atoms with Gasteiger partial charge >= 0.3 is 0 Å². The highest BCUT2D eigenvalue weighted by atomic mass is 16.1. The van der Waals surface area contributed by atoms with Crippen molar-refractivity contribution in [3.8, 4) is 0 Å². The summed E-state index contributed by atoms with van der Waals surface area (Å²) in [4.78, 5) is 11.1. The van der Waals surface area contributed by atoms with E-state index < -0.39 is 0 Å². The minimum atomic E-state index is 0.361. The molecule has 0 unspecified atom stereocenters. The van der Waals surface area contributed by atoms with Gasteiger partial charge in [0.25, 0.3) is 0 Å². The number of hydrogen-bond donors (Lipinski definition) is 0. The largest absolute Gasteiger partial charge is 0.295 e. The minimum Gasteiger partial charge on any atom is -0.295 e. The molecule has 0 amide bonds. The molecule has 1 heteroatoms. The van der Waals surface area contributed by atoms with Crippen LogP contribution in [-0.4, -0.2) is 5.78 Å². The molecule has 0 aromatic carbocycles. The first kappa shape index (κ1) is 9.24. The van der Waals surface area contributed by atoms with Gasteiger partial charge in [-0.2, -0.15) is 0 Å². The predicted octanol–water partition coefficient (Wildman–Crippen LogP) is 3.02. The predicted molar refractivity (Wildman–Crippen MR) is 51.0 cm³/mol. The number of Topliss-reactive ketones (excluding diaryl/α,β-unsaturated/α-hetero) is 1. The normalized spacial score (nSPS) is 17.4. The van der Waals surface area contributed by atoms with E-state index in [1.165, 1.54) is 0 Å². The van der Waals surface area contributed by atoms with E-state index in [0.29, 0.717) is 5.78 Å². The summed E-state index contributed by atoms with van der Waals surface area (Å²) >= 11 is 0. The molecule has 0 saturated heterocycles. The zero-order valence-electron chi connectivity index (χ0n) is 7.68. The van der Waals surface area contributed by atoms with Gasteiger partial charge in [-0.25, -0.2) is 0 Å². The van der Waals surface area contributed by atoms with Gasteiger partial charge in [-0.3, -0.25) is 4.79 Å². The molecule has 66 valence electrons. The van der Waals surface area contributed by atoms with Crippen molar-refractivity contribution in [2.45, 2.75) is 39.0 Å². The van der Waals surface area contributed by atoms with Gasteiger partial charge in [-0.1, -0.05) is 25.2 Å². The lowest BCUT2D eigenvalue weighted by Crippen LogP contribution is -1.94. The van der Waals surface area contributed by atoms with E-state index in [-0.39, 0.29) is 0 Å². The fraction of sp³-hybridized carbons (Fsp3) is 0.545. The lowest BCUT2D eigenvalue weighted by molar-refractivity contribution is -0.115. The monoisotopic (exact) mass is 164 g/mol. The molecule has 1 aliphatic carbocycles. The van der Waals surface area contributed by atoms with Crippen LogP contribution in [-0.2, 0) is 4.79 Å². The molecule has 0 radical (unpaired) electrons. The van der Waals surface area contributed by atoms with Gasteiger partial charge < -0.3 is 0 Å². The Bertz CT molecular complexity index is 211. The highest BCUT2D eigenvalue weighted by Crippen LogP contribution is 2.18. The molecule has 0 heterocycles. The number of rotatable bonds is 4. The molecule has 0 fully saturated rings. The van der Waals surface area contributed by atoms with Crippen LogP contribution in [0.15, 0.2) is 23.8 Å². The van der Waals surface area contributed by atoms with Crippen molar-refractivity contribution in [2.24, 2.45) is 0 Å². The van der Waals surface area contributed by atoms with E-state index >= 15 is 0 Å². The maximum absolute atomic E-state index is 11.1. The SMILES string of the molecule is CCC=CCCC1=CCCC1=O. The Labute approximate surface area is 74.2 Å². The smallest absolute Gasteiger partial charge is 0.158 e. The fourth-order valence-corrected chi connectivity index (χ4v) is 1.42. The molecule has 0 N–H and O–H groups in total. The lowest BCUT2D eigenvalue weighted by Gasteiger charge is -1.95. The van der Waals surface area contributed by atoms with Gasteiger partial charge in [0.2, 0.25) is 0 Å². The van der Waals surface area contributed by atoms with Crippen LogP contribution in [0.5, 0.6) is 0 Å². The van der Waals surface area contributed by atoms with Gasteiger partial charge in [0.05, 0.1) is 0 Å². The third kappa shape index (κ3) is 2.65. The number of carbonyl (C=O) groups is 1. The zero-order valence-corrected chi connectivity index (χ0v) is 7.68. The quantitative estimate of drug-likeness (QED) is 0.584. The Hall–Kier alpha value is -0.850. The second-order valence-corrected chi connectivity index (χ2v) is 3.11. The van der Waals surface area contributed by atoms with Crippen LogP contribution in [0.1, 0.15) is 39.0 Å². The number of ketones is 1. The third-order valence-corrected chi connectivity index (χ3v) is 2.10. The van der Waals surface area contributed by atoms with Crippen LogP contribution in [0.2, 0.25) is 0 Å². The fourth-order valence-electron chi connectivity index (χ4n) is 1.42. The summed E-state index contributed by atoms with van der Waals surface area (Å²) in [6.45, 7) is 2.12. The molecule has 0 aliphatic heterocycles. The molecule has 0 spiro atoms. The second-order valence-electron chi connectivity index (χ2n) is 3.11. The number of hydrogen-bond acceptors (Lipinski definition) is 1. The Kier molecular flexibility index (Phi) is 3.78. The summed E-state index contributed by atoms with van der Waals surface area (Å²) in [5, 5.41) is 0. The molecule has 0 bridgehead atoms. The zero-order chi connectivity index (χ0) is 8.81. The van der Waals surface area contributed by atoms with Gasteiger partial charge in [0, 0.05) is 6.42 Å². The van der Waals surface area contributed by atoms with E-state index in [2.05, 4.69) is 25.2 Å². The van der Waals surface area contributed by atoms with Crippen molar-refractivity contribution in [1.82, 2.24) is 0 Å². The van der Waals surface area contributed by atoms with Crippen molar-refractivity contribution in [3.63, 3.8) is 0 Å². The van der Waals surface area contributed by atoms with Crippen LogP contribution in [0.25, 0.3) is 0 Å². The molecular formula is C11H16O. The number of allylic oxidation sites excluding steroid dienone is 4. The molecule has 1 aliphatic rings. The summed E-state index contributed by atoms with van der Waals surface area (Å²) in [5.41, 5.74) is 1.05. The first-order valence-corrected chi connectivity index (χ1v) is 4.72. The summed E-state index contributed by atoms with van der Waals surface area (Å²) in [6, 6.07) is 0. The maximum atomic E-state index is 11.1. The highest BCUT2D eigenvalue weighted by Gasteiger charge is 2.12. The molecule has 1 nitrogen and oxygen atoms in total. The van der Waals surface area contributed by atoms with E-state index in [1.54, 1.807) is 0 Å². The average Bonchev–Trinajstić information content (AvgIpc) is 2.46. The molecule has 0 saturated carbocycles. The first-order chi connectivity index (χ1) is 5.84. The standard InChI is InChI=1S/C11H16O/c1-2-3-4-5-7-10-8-6-9-11(10)12/h3-4,8H,2,5-7,9H2,1H3. The summed E-state index contributed by atoms with van der Waals surface area (Å²) < 4.78 is 0. The summed E-state index contributed by atoms with van der Waals surface area (Å²) in [7, 11) is 0. The van der Waals surface area contributed by atoms with Crippen molar-refractivity contribution < 1.29 is 4.79 Å². The van der Waals surface area contributed by atoms with Gasteiger partial charge in [-0.05, 0) is 31.3 Å². The Balaban J connectivity index is 2.23. The summed E-state index contributed by atoms with van der Waals surface area (Å²) in [5.74, 6) is 0.361. The number of carbonyl (C=O) groups excluding carboxylic acids is 1. The molecular weight excluding hydrogens is 148 g/mol. The molecule has 0 aromatic heterocycles. The Morgan fingerprint density at radius 1 is 1.50 bits per heavy atom. The first-order valence-electron chi connectivity index (χ1n) is 4.72. The van der Waals surface area contributed by atoms with Crippen molar-refractivity contribution >= 4 is 5.78 Å². The van der Waals surface area contributed by atoms with E-state index in [1.807, 2.05) is 0 Å². The topological polar surface area (TPSA) is 17.1 Å². The van der Waals surface area contributed by atoms with Gasteiger partial charge in [0.15, 0.2) is 5.78 Å². The van der Waals surface area contributed by atoms with Crippen LogP contribution in [0.4, 0.5) is 0 Å². The minimum absolute atomic E-state index is 0.361. The van der Waals surface area contributed by atoms with E-state index in [9.17, 15) is 4.79 Å². The molecule has 1 rings (SSSR count).